The Bertz CT molecular complexity index is 727. The molecule has 0 saturated heterocycles. The molecule has 0 unspecified atom stereocenters. The molecule has 0 aromatic carbocycles. The van der Waals surface area contributed by atoms with Gasteiger partial charge in [0.05, 0.1) is 6.10 Å². The first-order valence-electron chi connectivity index (χ1n) is 7.38. The van der Waals surface area contributed by atoms with Gasteiger partial charge in [0.25, 0.3) is 5.91 Å². The number of halogens is 1. The van der Waals surface area contributed by atoms with Gasteiger partial charge in [-0.1, -0.05) is 25.4 Å². The fourth-order valence-corrected chi connectivity index (χ4v) is 2.89. The number of aliphatic hydroxyl groups excluding tert-OH is 1. The lowest BCUT2D eigenvalue weighted by Crippen LogP contribution is -2.46. The summed E-state index contributed by atoms with van der Waals surface area (Å²) in [5.41, 5.74) is 1.39. The van der Waals surface area contributed by atoms with Crippen LogP contribution >= 0.6 is 11.6 Å². The SMILES string of the molecule is CC(C)c1cnc(C(=O)NC2CC(O)C2)c2cnc(Cl)cc12. The number of rotatable bonds is 3. The van der Waals surface area contributed by atoms with Crippen LogP contribution in [0.4, 0.5) is 0 Å². The zero-order valence-corrected chi connectivity index (χ0v) is 13.3. The lowest BCUT2D eigenvalue weighted by molar-refractivity contribution is 0.0561. The number of amides is 1. The van der Waals surface area contributed by atoms with Crippen molar-refractivity contribution in [1.82, 2.24) is 15.3 Å². The highest BCUT2D eigenvalue weighted by Gasteiger charge is 2.29. The molecule has 2 heterocycles. The van der Waals surface area contributed by atoms with Crippen molar-refractivity contribution in [2.75, 3.05) is 0 Å². The second kappa shape index (κ2) is 5.82. The maximum atomic E-state index is 12.4. The summed E-state index contributed by atoms with van der Waals surface area (Å²) in [6.45, 7) is 4.14. The smallest absolute Gasteiger partial charge is 0.270 e. The number of aromatic nitrogens is 2. The summed E-state index contributed by atoms with van der Waals surface area (Å²) in [6, 6.07) is 1.79. The summed E-state index contributed by atoms with van der Waals surface area (Å²) in [4.78, 5) is 20.8. The van der Waals surface area contributed by atoms with E-state index in [2.05, 4.69) is 29.1 Å². The summed E-state index contributed by atoms with van der Waals surface area (Å²) in [7, 11) is 0. The second-order valence-electron chi connectivity index (χ2n) is 6.07. The van der Waals surface area contributed by atoms with Gasteiger partial charge >= 0.3 is 0 Å². The highest BCUT2D eigenvalue weighted by molar-refractivity contribution is 6.30. The van der Waals surface area contributed by atoms with E-state index < -0.39 is 0 Å². The minimum atomic E-state index is -0.307. The number of carbonyl (C=O) groups excluding carboxylic acids is 1. The van der Waals surface area contributed by atoms with Crippen LogP contribution in [-0.4, -0.2) is 33.1 Å². The molecule has 1 saturated carbocycles. The Morgan fingerprint density at radius 2 is 2.05 bits per heavy atom. The van der Waals surface area contributed by atoms with Crippen molar-refractivity contribution >= 4 is 28.3 Å². The van der Waals surface area contributed by atoms with Crippen molar-refractivity contribution in [3.05, 3.63) is 34.9 Å². The van der Waals surface area contributed by atoms with Crippen LogP contribution in [0, 0.1) is 0 Å². The Labute approximate surface area is 133 Å². The van der Waals surface area contributed by atoms with Gasteiger partial charge < -0.3 is 10.4 Å². The average Bonchev–Trinajstić information content (AvgIpc) is 2.43. The maximum Gasteiger partial charge on any atom is 0.270 e. The Morgan fingerprint density at radius 3 is 2.68 bits per heavy atom. The third-order valence-electron chi connectivity index (χ3n) is 4.05. The Hall–Kier alpha value is -1.72. The molecule has 2 N–H and O–H groups in total. The molecule has 0 radical (unpaired) electrons. The van der Waals surface area contributed by atoms with Crippen molar-refractivity contribution in [2.45, 2.75) is 44.8 Å². The first-order valence-corrected chi connectivity index (χ1v) is 7.76. The molecule has 22 heavy (non-hydrogen) atoms. The summed E-state index contributed by atoms with van der Waals surface area (Å²) >= 11 is 6.00. The molecule has 0 spiro atoms. The molecule has 1 fully saturated rings. The molecule has 1 amide bonds. The molecule has 3 rings (SSSR count). The van der Waals surface area contributed by atoms with Gasteiger partial charge in [-0.3, -0.25) is 9.78 Å². The van der Waals surface area contributed by atoms with Crippen molar-refractivity contribution in [3.63, 3.8) is 0 Å². The third kappa shape index (κ3) is 2.78. The van der Waals surface area contributed by atoms with Crippen molar-refractivity contribution in [2.24, 2.45) is 0 Å². The molecule has 2 aromatic rings. The van der Waals surface area contributed by atoms with Crippen LogP contribution in [0.1, 0.15) is 48.7 Å². The summed E-state index contributed by atoms with van der Waals surface area (Å²) in [5, 5.41) is 14.2. The van der Waals surface area contributed by atoms with Crippen LogP contribution < -0.4 is 5.32 Å². The van der Waals surface area contributed by atoms with Gasteiger partial charge in [-0.25, -0.2) is 4.98 Å². The van der Waals surface area contributed by atoms with E-state index in [9.17, 15) is 9.90 Å². The molecular weight excluding hydrogens is 302 g/mol. The van der Waals surface area contributed by atoms with Gasteiger partial charge in [-0.15, -0.1) is 0 Å². The molecule has 1 aliphatic carbocycles. The van der Waals surface area contributed by atoms with Gasteiger partial charge in [0, 0.05) is 23.8 Å². The van der Waals surface area contributed by atoms with E-state index in [1.165, 1.54) is 0 Å². The summed E-state index contributed by atoms with van der Waals surface area (Å²) < 4.78 is 0. The predicted octanol–water partition coefficient (Wildman–Crippen LogP) is 2.66. The predicted molar refractivity (Wildman–Crippen MR) is 85.1 cm³/mol. The molecule has 1 aliphatic rings. The van der Waals surface area contributed by atoms with Crippen LogP contribution in [0.2, 0.25) is 5.15 Å². The fourth-order valence-electron chi connectivity index (χ4n) is 2.73. The summed E-state index contributed by atoms with van der Waals surface area (Å²) in [5.74, 6) is 0.0358. The normalized spacial score (nSPS) is 21.0. The van der Waals surface area contributed by atoms with E-state index in [0.29, 0.717) is 29.1 Å². The van der Waals surface area contributed by atoms with Crippen LogP contribution in [0.3, 0.4) is 0 Å². The van der Waals surface area contributed by atoms with Gasteiger partial charge in [-0.05, 0) is 35.8 Å². The number of hydrogen-bond donors (Lipinski definition) is 2. The molecular formula is C16H18ClN3O2. The van der Waals surface area contributed by atoms with E-state index in [1.54, 1.807) is 18.5 Å². The second-order valence-corrected chi connectivity index (χ2v) is 6.45. The van der Waals surface area contributed by atoms with Crippen molar-refractivity contribution in [3.8, 4) is 0 Å². The van der Waals surface area contributed by atoms with E-state index >= 15 is 0 Å². The lowest BCUT2D eigenvalue weighted by Gasteiger charge is -2.31. The Balaban J connectivity index is 1.99. The van der Waals surface area contributed by atoms with Crippen LogP contribution in [0.15, 0.2) is 18.5 Å². The largest absolute Gasteiger partial charge is 0.393 e. The topological polar surface area (TPSA) is 75.1 Å². The number of nitrogens with one attached hydrogen (secondary N) is 1. The van der Waals surface area contributed by atoms with E-state index in [4.69, 9.17) is 11.6 Å². The Kier molecular flexibility index (Phi) is 4.02. The number of hydrogen-bond acceptors (Lipinski definition) is 4. The number of nitrogens with zero attached hydrogens (tertiary/aromatic N) is 2. The molecule has 5 nitrogen and oxygen atoms in total. The maximum absolute atomic E-state index is 12.4. The lowest BCUT2D eigenvalue weighted by atomic mass is 9.89. The minimum absolute atomic E-state index is 0.0179. The first-order chi connectivity index (χ1) is 10.5. The number of aliphatic hydroxyl groups is 1. The van der Waals surface area contributed by atoms with Crippen molar-refractivity contribution in [1.29, 1.82) is 0 Å². The molecule has 6 heteroatoms. The first kappa shape index (κ1) is 15.2. The monoisotopic (exact) mass is 319 g/mol. The Morgan fingerprint density at radius 1 is 1.32 bits per heavy atom. The van der Waals surface area contributed by atoms with Crippen LogP contribution in [0.25, 0.3) is 10.8 Å². The zero-order valence-electron chi connectivity index (χ0n) is 12.5. The van der Waals surface area contributed by atoms with Gasteiger partial charge in [0.2, 0.25) is 0 Å². The van der Waals surface area contributed by atoms with Crippen LogP contribution in [0.5, 0.6) is 0 Å². The minimum Gasteiger partial charge on any atom is -0.393 e. The highest BCUT2D eigenvalue weighted by Crippen LogP contribution is 2.28. The molecule has 116 valence electrons. The molecule has 2 aromatic heterocycles. The summed E-state index contributed by atoms with van der Waals surface area (Å²) in [6.07, 6.45) is 4.21. The van der Waals surface area contributed by atoms with Gasteiger partial charge in [-0.2, -0.15) is 0 Å². The quantitative estimate of drug-likeness (QED) is 0.853. The highest BCUT2D eigenvalue weighted by atomic mass is 35.5. The van der Waals surface area contributed by atoms with E-state index in [0.717, 1.165) is 10.9 Å². The molecule has 0 bridgehead atoms. The van der Waals surface area contributed by atoms with Gasteiger partial charge in [0.1, 0.15) is 10.8 Å². The van der Waals surface area contributed by atoms with Crippen molar-refractivity contribution < 1.29 is 9.90 Å². The molecule has 0 atom stereocenters. The zero-order chi connectivity index (χ0) is 15.9. The van der Waals surface area contributed by atoms with E-state index in [-0.39, 0.29) is 24.0 Å². The van der Waals surface area contributed by atoms with E-state index in [1.807, 2.05) is 0 Å². The third-order valence-corrected chi connectivity index (χ3v) is 4.26. The van der Waals surface area contributed by atoms with Gasteiger partial charge in [0.15, 0.2) is 0 Å². The number of pyridine rings is 2. The fraction of sp³-hybridized carbons (Fsp3) is 0.438. The molecule has 0 aliphatic heterocycles. The average molecular weight is 320 g/mol. The van der Waals surface area contributed by atoms with Crippen LogP contribution in [-0.2, 0) is 0 Å². The number of carbonyl (C=O) groups is 1. The number of fused-ring (bicyclic) bond motifs is 1. The standard InChI is InChI=1S/C16H18ClN3O2/c1-8(2)12-6-19-15(13-7-18-14(17)5-11(12)13)16(22)20-9-3-10(21)4-9/h5-10,21H,3-4H2,1-2H3,(H,20,22).